The second kappa shape index (κ2) is 10.8. The Morgan fingerprint density at radius 1 is 1.20 bits per heavy atom. The van der Waals surface area contributed by atoms with Crippen LogP contribution in [0.5, 0.6) is 0 Å². The normalized spacial score (nSPS) is 13.8. The molecule has 0 aliphatic rings. The molecule has 0 radical (unpaired) electrons. The Kier molecular flexibility index (Phi) is 10.3. The molecule has 0 bridgehead atoms. The molecular formula is C14H28N2O3S. The van der Waals surface area contributed by atoms with Gasteiger partial charge in [-0.15, -0.1) is 0 Å². The molecule has 2 unspecified atom stereocenters. The third kappa shape index (κ3) is 9.95. The molecule has 118 valence electrons. The fourth-order valence-corrected chi connectivity index (χ4v) is 2.64. The molecule has 0 aromatic rings. The summed E-state index contributed by atoms with van der Waals surface area (Å²) in [7, 11) is 0. The van der Waals surface area contributed by atoms with Crippen LogP contribution in [0.2, 0.25) is 0 Å². The predicted molar refractivity (Wildman–Crippen MR) is 84.2 cm³/mol. The molecule has 0 rings (SSSR count). The molecule has 2 atom stereocenters. The van der Waals surface area contributed by atoms with Gasteiger partial charge in [0.2, 0.25) is 0 Å². The van der Waals surface area contributed by atoms with E-state index in [1.165, 1.54) is 0 Å². The number of rotatable bonds is 10. The number of aliphatic carboxylic acids is 1. The largest absolute Gasteiger partial charge is 0.481 e. The van der Waals surface area contributed by atoms with Gasteiger partial charge in [-0.2, -0.15) is 11.8 Å². The van der Waals surface area contributed by atoms with Crippen LogP contribution in [-0.2, 0) is 4.79 Å². The minimum atomic E-state index is -0.757. The lowest BCUT2D eigenvalue weighted by atomic mass is 9.88. The molecule has 0 aliphatic heterocycles. The number of carbonyl (C=O) groups is 2. The lowest BCUT2D eigenvalue weighted by molar-refractivity contribution is -0.137. The lowest BCUT2D eigenvalue weighted by Crippen LogP contribution is -2.42. The first-order valence-corrected chi connectivity index (χ1v) is 8.51. The molecule has 0 fully saturated rings. The van der Waals surface area contributed by atoms with Crippen LogP contribution in [0.15, 0.2) is 0 Å². The molecule has 0 aromatic heterocycles. The number of nitrogens with one attached hydrogen (secondary N) is 2. The quantitative estimate of drug-likeness (QED) is 0.579. The Labute approximate surface area is 126 Å². The van der Waals surface area contributed by atoms with Gasteiger partial charge in [0.1, 0.15) is 0 Å². The van der Waals surface area contributed by atoms with Gasteiger partial charge in [-0.3, -0.25) is 4.79 Å². The number of carbonyl (C=O) groups excluding carboxylic acids is 1. The Balaban J connectivity index is 3.92. The first-order chi connectivity index (χ1) is 9.36. The van der Waals surface area contributed by atoms with E-state index in [0.29, 0.717) is 24.8 Å². The Morgan fingerprint density at radius 2 is 1.85 bits per heavy atom. The lowest BCUT2D eigenvalue weighted by Gasteiger charge is -2.20. The van der Waals surface area contributed by atoms with Gasteiger partial charge >= 0.3 is 12.0 Å². The number of carboxylic acids is 1. The summed E-state index contributed by atoms with van der Waals surface area (Å²) in [6.07, 6.45) is 3.68. The molecule has 3 N–H and O–H groups in total. The maximum absolute atomic E-state index is 11.6. The molecule has 0 aliphatic carbocycles. The molecular weight excluding hydrogens is 276 g/mol. The van der Waals surface area contributed by atoms with E-state index in [2.05, 4.69) is 24.5 Å². The maximum Gasteiger partial charge on any atom is 0.315 e. The summed E-state index contributed by atoms with van der Waals surface area (Å²) in [6, 6.07) is 0.00481. The Bertz CT molecular complexity index is 298. The molecule has 5 nitrogen and oxygen atoms in total. The molecule has 20 heavy (non-hydrogen) atoms. The second-order valence-electron chi connectivity index (χ2n) is 5.48. The van der Waals surface area contributed by atoms with Gasteiger partial charge in [-0.25, -0.2) is 4.79 Å². The fraction of sp³-hybridized carbons (Fsp3) is 0.857. The molecule has 0 saturated carbocycles. The van der Waals surface area contributed by atoms with Crippen LogP contribution >= 0.6 is 11.8 Å². The average Bonchev–Trinajstić information content (AvgIpc) is 2.32. The van der Waals surface area contributed by atoms with E-state index in [1.807, 2.05) is 13.2 Å². The summed E-state index contributed by atoms with van der Waals surface area (Å²) in [5, 5.41) is 14.4. The highest BCUT2D eigenvalue weighted by atomic mass is 32.2. The van der Waals surface area contributed by atoms with Gasteiger partial charge in [-0.1, -0.05) is 13.8 Å². The van der Waals surface area contributed by atoms with E-state index in [1.54, 1.807) is 11.8 Å². The van der Waals surface area contributed by atoms with E-state index < -0.39 is 5.97 Å². The van der Waals surface area contributed by atoms with Crippen molar-refractivity contribution in [1.29, 1.82) is 0 Å². The van der Waals surface area contributed by atoms with Crippen molar-refractivity contribution in [1.82, 2.24) is 10.6 Å². The number of hydrogen-bond acceptors (Lipinski definition) is 3. The van der Waals surface area contributed by atoms with E-state index in [0.717, 1.165) is 12.2 Å². The van der Waals surface area contributed by atoms with Gasteiger partial charge in [0.15, 0.2) is 0 Å². The number of urea groups is 1. The topological polar surface area (TPSA) is 78.4 Å². The first kappa shape index (κ1) is 19.1. The smallest absolute Gasteiger partial charge is 0.315 e. The Morgan fingerprint density at radius 3 is 2.35 bits per heavy atom. The minimum Gasteiger partial charge on any atom is -0.481 e. The highest BCUT2D eigenvalue weighted by Gasteiger charge is 2.15. The monoisotopic (exact) mass is 304 g/mol. The average molecular weight is 304 g/mol. The third-order valence-corrected chi connectivity index (χ3v) is 4.10. The maximum atomic E-state index is 11.6. The van der Waals surface area contributed by atoms with Crippen LogP contribution in [0.4, 0.5) is 4.79 Å². The summed E-state index contributed by atoms with van der Waals surface area (Å²) in [5.74, 6) is 0.887. The summed E-state index contributed by atoms with van der Waals surface area (Å²) in [6.45, 7) is 6.74. The van der Waals surface area contributed by atoms with Gasteiger partial charge in [0.05, 0.1) is 0 Å². The summed E-state index contributed by atoms with van der Waals surface area (Å²) in [4.78, 5) is 22.2. The van der Waals surface area contributed by atoms with Crippen LogP contribution in [-0.4, -0.2) is 41.7 Å². The predicted octanol–water partition coefficient (Wildman–Crippen LogP) is 2.56. The highest BCUT2D eigenvalue weighted by Crippen LogP contribution is 2.20. The van der Waals surface area contributed by atoms with Crippen LogP contribution in [0.3, 0.4) is 0 Å². The number of hydrogen-bond donors (Lipinski definition) is 3. The van der Waals surface area contributed by atoms with Crippen molar-refractivity contribution >= 4 is 23.8 Å². The summed E-state index contributed by atoms with van der Waals surface area (Å²) < 4.78 is 0. The first-order valence-electron chi connectivity index (χ1n) is 7.11. The molecule has 2 amide bonds. The van der Waals surface area contributed by atoms with E-state index >= 15 is 0 Å². The molecule has 0 heterocycles. The standard InChI is InChI=1S/C14H28N2O3S/c1-10(2)12(5-6-13(17)18)7-8-15-14(19)16-11(3)9-20-4/h10-12H,5-9H2,1-4H3,(H,17,18)(H2,15,16,19). The third-order valence-electron chi connectivity index (χ3n) is 3.27. The molecule has 0 spiro atoms. The van der Waals surface area contributed by atoms with Crippen molar-refractivity contribution in [3.8, 4) is 0 Å². The van der Waals surface area contributed by atoms with Crippen LogP contribution in [0.1, 0.15) is 40.0 Å². The second-order valence-corrected chi connectivity index (χ2v) is 6.39. The van der Waals surface area contributed by atoms with Crippen LogP contribution in [0.25, 0.3) is 0 Å². The van der Waals surface area contributed by atoms with Crippen molar-refractivity contribution in [3.05, 3.63) is 0 Å². The Hall–Kier alpha value is -0.910. The summed E-state index contributed by atoms with van der Waals surface area (Å²) in [5.41, 5.74) is 0. The zero-order chi connectivity index (χ0) is 15.5. The van der Waals surface area contributed by atoms with E-state index in [4.69, 9.17) is 5.11 Å². The number of thioether (sulfide) groups is 1. The van der Waals surface area contributed by atoms with Crippen molar-refractivity contribution in [3.63, 3.8) is 0 Å². The SMILES string of the molecule is CSCC(C)NC(=O)NCCC(CCC(=O)O)C(C)C. The van der Waals surface area contributed by atoms with Crippen molar-refractivity contribution in [2.45, 2.75) is 46.1 Å². The van der Waals surface area contributed by atoms with Crippen molar-refractivity contribution in [2.75, 3.05) is 18.6 Å². The summed E-state index contributed by atoms with van der Waals surface area (Å²) >= 11 is 1.70. The van der Waals surface area contributed by atoms with E-state index in [-0.39, 0.29) is 18.5 Å². The van der Waals surface area contributed by atoms with E-state index in [9.17, 15) is 9.59 Å². The van der Waals surface area contributed by atoms with Gasteiger partial charge in [0, 0.05) is 24.8 Å². The van der Waals surface area contributed by atoms with Gasteiger partial charge in [0.25, 0.3) is 0 Å². The van der Waals surface area contributed by atoms with Crippen LogP contribution in [0, 0.1) is 11.8 Å². The van der Waals surface area contributed by atoms with Gasteiger partial charge < -0.3 is 15.7 Å². The fourth-order valence-electron chi connectivity index (χ4n) is 2.06. The molecule has 6 heteroatoms. The highest BCUT2D eigenvalue weighted by molar-refractivity contribution is 7.98. The zero-order valence-electron chi connectivity index (χ0n) is 12.9. The minimum absolute atomic E-state index is 0.146. The van der Waals surface area contributed by atoms with Gasteiger partial charge in [-0.05, 0) is 37.9 Å². The van der Waals surface area contributed by atoms with Crippen LogP contribution < -0.4 is 10.6 Å². The number of carboxylic acid groups (broad SMARTS) is 1. The zero-order valence-corrected chi connectivity index (χ0v) is 13.8. The van der Waals surface area contributed by atoms with Crippen molar-refractivity contribution < 1.29 is 14.7 Å². The molecule has 0 aromatic carbocycles. The van der Waals surface area contributed by atoms with Crippen molar-refractivity contribution in [2.24, 2.45) is 11.8 Å². The molecule has 0 saturated heterocycles. The number of amides is 2.